The van der Waals surface area contributed by atoms with E-state index < -0.39 is 11.7 Å². The minimum Gasteiger partial charge on any atom is -0.484 e. The van der Waals surface area contributed by atoms with E-state index in [0.717, 1.165) is 5.56 Å². The second-order valence-electron chi connectivity index (χ2n) is 7.48. The van der Waals surface area contributed by atoms with Gasteiger partial charge in [0.2, 0.25) is 5.91 Å². The molecule has 0 aliphatic heterocycles. The summed E-state index contributed by atoms with van der Waals surface area (Å²) in [6.45, 7) is 5.26. The molecule has 0 heterocycles. The highest BCUT2D eigenvalue weighted by molar-refractivity contribution is 5.91. The number of anilines is 1. The van der Waals surface area contributed by atoms with E-state index in [2.05, 4.69) is 16.0 Å². The molecule has 0 radical (unpaired) electrons. The normalized spacial score (nSPS) is 10.6. The summed E-state index contributed by atoms with van der Waals surface area (Å²) in [5.41, 5.74) is 0.850. The van der Waals surface area contributed by atoms with Crippen LogP contribution in [-0.2, 0) is 20.9 Å². The van der Waals surface area contributed by atoms with Crippen LogP contribution in [0.15, 0.2) is 54.6 Å². The van der Waals surface area contributed by atoms with Gasteiger partial charge < -0.3 is 25.4 Å². The Balaban J connectivity index is 1.69. The zero-order valence-corrected chi connectivity index (χ0v) is 17.4. The number of hydrogen-bond acceptors (Lipinski definition) is 5. The minimum absolute atomic E-state index is 0.0908. The third kappa shape index (κ3) is 9.09. The van der Waals surface area contributed by atoms with Crippen molar-refractivity contribution in [2.24, 2.45) is 0 Å². The Morgan fingerprint density at radius 1 is 0.867 bits per heavy atom. The second kappa shape index (κ2) is 10.8. The van der Waals surface area contributed by atoms with Crippen molar-refractivity contribution in [2.75, 3.05) is 18.5 Å². The molecule has 0 atom stereocenters. The van der Waals surface area contributed by atoms with Crippen LogP contribution in [0.5, 0.6) is 5.75 Å². The summed E-state index contributed by atoms with van der Waals surface area (Å²) < 4.78 is 10.5. The SMILES string of the molecule is CC(C)(C)OC(=O)NCC(=O)NCc1ccc(NC(=O)COc2ccccc2)cc1. The van der Waals surface area contributed by atoms with Gasteiger partial charge in [0.15, 0.2) is 6.61 Å². The Morgan fingerprint density at radius 3 is 2.17 bits per heavy atom. The number of hydrogen-bond donors (Lipinski definition) is 3. The van der Waals surface area contributed by atoms with E-state index in [9.17, 15) is 14.4 Å². The molecule has 0 aliphatic carbocycles. The van der Waals surface area contributed by atoms with E-state index in [4.69, 9.17) is 9.47 Å². The maximum Gasteiger partial charge on any atom is 0.408 e. The largest absolute Gasteiger partial charge is 0.484 e. The smallest absolute Gasteiger partial charge is 0.408 e. The number of ether oxygens (including phenoxy) is 2. The number of para-hydroxylation sites is 1. The Hall–Kier alpha value is -3.55. The highest BCUT2D eigenvalue weighted by Crippen LogP contribution is 2.11. The van der Waals surface area contributed by atoms with Crippen molar-refractivity contribution < 1.29 is 23.9 Å². The standard InChI is InChI=1S/C22H27N3O5/c1-22(2,3)30-21(28)24-14-19(26)23-13-16-9-11-17(12-10-16)25-20(27)15-29-18-7-5-4-6-8-18/h4-12H,13-15H2,1-3H3,(H,23,26)(H,24,28)(H,25,27). The van der Waals surface area contributed by atoms with Gasteiger partial charge >= 0.3 is 6.09 Å². The molecule has 0 saturated carbocycles. The van der Waals surface area contributed by atoms with E-state index in [1.165, 1.54) is 0 Å². The summed E-state index contributed by atoms with van der Waals surface area (Å²) in [7, 11) is 0. The summed E-state index contributed by atoms with van der Waals surface area (Å²) in [5, 5.41) is 7.84. The van der Waals surface area contributed by atoms with Crippen LogP contribution < -0.4 is 20.7 Å². The third-order valence-electron chi connectivity index (χ3n) is 3.63. The van der Waals surface area contributed by atoms with Crippen LogP contribution in [0, 0.1) is 0 Å². The number of carbonyl (C=O) groups excluding carboxylic acids is 3. The summed E-state index contributed by atoms with van der Waals surface area (Å²) in [6, 6.07) is 16.1. The predicted molar refractivity (Wildman–Crippen MR) is 113 cm³/mol. The first-order valence-corrected chi connectivity index (χ1v) is 9.51. The van der Waals surface area contributed by atoms with Gasteiger partial charge in [-0.2, -0.15) is 0 Å². The van der Waals surface area contributed by atoms with Gasteiger partial charge in [0.25, 0.3) is 5.91 Å². The topological polar surface area (TPSA) is 106 Å². The Kier molecular flexibility index (Phi) is 8.22. The van der Waals surface area contributed by atoms with Crippen LogP contribution in [0.2, 0.25) is 0 Å². The van der Waals surface area contributed by atoms with E-state index in [-0.39, 0.29) is 25.0 Å². The molecule has 0 unspecified atom stereocenters. The molecule has 0 fully saturated rings. The number of benzene rings is 2. The van der Waals surface area contributed by atoms with E-state index in [0.29, 0.717) is 18.0 Å². The number of alkyl carbamates (subject to hydrolysis) is 1. The van der Waals surface area contributed by atoms with Crippen LogP contribution in [0.3, 0.4) is 0 Å². The maximum atomic E-state index is 12.0. The predicted octanol–water partition coefficient (Wildman–Crippen LogP) is 2.84. The van der Waals surface area contributed by atoms with Crippen molar-refractivity contribution in [1.82, 2.24) is 10.6 Å². The van der Waals surface area contributed by atoms with Crippen molar-refractivity contribution in [3.63, 3.8) is 0 Å². The lowest BCUT2D eigenvalue weighted by atomic mass is 10.2. The van der Waals surface area contributed by atoms with Gasteiger partial charge in [-0.3, -0.25) is 9.59 Å². The molecule has 2 aromatic rings. The highest BCUT2D eigenvalue weighted by atomic mass is 16.6. The van der Waals surface area contributed by atoms with Gasteiger partial charge in [-0.1, -0.05) is 30.3 Å². The minimum atomic E-state index is -0.644. The first-order valence-electron chi connectivity index (χ1n) is 9.51. The van der Waals surface area contributed by atoms with Gasteiger partial charge in [0.05, 0.1) is 0 Å². The van der Waals surface area contributed by atoms with E-state index >= 15 is 0 Å². The quantitative estimate of drug-likeness (QED) is 0.617. The van der Waals surface area contributed by atoms with Crippen molar-refractivity contribution in [3.8, 4) is 5.75 Å². The van der Waals surface area contributed by atoms with Gasteiger partial charge in [-0.15, -0.1) is 0 Å². The maximum absolute atomic E-state index is 12.0. The zero-order chi connectivity index (χ0) is 22.0. The van der Waals surface area contributed by atoms with Gasteiger partial charge in [0, 0.05) is 12.2 Å². The second-order valence-corrected chi connectivity index (χ2v) is 7.48. The van der Waals surface area contributed by atoms with E-state index in [1.807, 2.05) is 18.2 Å². The molecule has 2 aromatic carbocycles. The van der Waals surface area contributed by atoms with Crippen molar-refractivity contribution in [1.29, 1.82) is 0 Å². The molecule has 30 heavy (non-hydrogen) atoms. The lowest BCUT2D eigenvalue weighted by Crippen LogP contribution is -2.39. The summed E-state index contributed by atoms with van der Waals surface area (Å²) >= 11 is 0. The molecule has 8 nitrogen and oxygen atoms in total. The average molecular weight is 413 g/mol. The molecular weight excluding hydrogens is 386 g/mol. The summed E-state index contributed by atoms with van der Waals surface area (Å²) in [6.07, 6.45) is -0.644. The fourth-order valence-electron chi connectivity index (χ4n) is 2.30. The van der Waals surface area contributed by atoms with Crippen LogP contribution in [0.25, 0.3) is 0 Å². The average Bonchev–Trinajstić information content (AvgIpc) is 2.70. The lowest BCUT2D eigenvalue weighted by Gasteiger charge is -2.19. The van der Waals surface area contributed by atoms with Crippen LogP contribution >= 0.6 is 0 Å². The molecule has 3 amide bonds. The summed E-state index contributed by atoms with van der Waals surface area (Å²) in [5.74, 6) is 0.0179. The number of amides is 3. The lowest BCUT2D eigenvalue weighted by molar-refractivity contribution is -0.120. The van der Waals surface area contributed by atoms with Crippen molar-refractivity contribution in [2.45, 2.75) is 32.9 Å². The first kappa shape index (κ1) is 22.7. The Labute approximate surface area is 175 Å². The van der Waals surface area contributed by atoms with Gasteiger partial charge in [0.1, 0.15) is 17.9 Å². The molecule has 3 N–H and O–H groups in total. The van der Waals surface area contributed by atoms with Crippen molar-refractivity contribution >= 4 is 23.6 Å². The zero-order valence-electron chi connectivity index (χ0n) is 17.4. The molecule has 0 saturated heterocycles. The fourth-order valence-corrected chi connectivity index (χ4v) is 2.30. The number of rotatable bonds is 8. The summed E-state index contributed by atoms with van der Waals surface area (Å²) in [4.78, 5) is 35.3. The molecule has 0 spiro atoms. The van der Waals surface area contributed by atoms with E-state index in [1.54, 1.807) is 57.2 Å². The molecule has 0 aromatic heterocycles. The van der Waals surface area contributed by atoms with Crippen LogP contribution in [0.4, 0.5) is 10.5 Å². The van der Waals surface area contributed by atoms with Crippen molar-refractivity contribution in [3.05, 3.63) is 60.2 Å². The number of carbonyl (C=O) groups is 3. The first-order chi connectivity index (χ1) is 14.2. The molecule has 2 rings (SSSR count). The van der Waals surface area contributed by atoms with Crippen LogP contribution in [-0.4, -0.2) is 36.7 Å². The molecule has 8 heteroatoms. The molecular formula is C22H27N3O5. The van der Waals surface area contributed by atoms with Gasteiger partial charge in [-0.25, -0.2) is 4.79 Å². The third-order valence-corrected chi connectivity index (χ3v) is 3.63. The monoisotopic (exact) mass is 413 g/mol. The highest BCUT2D eigenvalue weighted by Gasteiger charge is 2.16. The Bertz CT molecular complexity index is 845. The fraction of sp³-hybridized carbons (Fsp3) is 0.318. The molecule has 0 bridgehead atoms. The molecule has 160 valence electrons. The van der Waals surface area contributed by atoms with Crippen LogP contribution in [0.1, 0.15) is 26.3 Å². The van der Waals surface area contributed by atoms with Gasteiger partial charge in [-0.05, 0) is 50.6 Å². The molecule has 0 aliphatic rings. The Morgan fingerprint density at radius 2 is 1.53 bits per heavy atom. The number of nitrogens with one attached hydrogen (secondary N) is 3.